The topological polar surface area (TPSA) is 41.6 Å². The predicted molar refractivity (Wildman–Crippen MR) is 64.1 cm³/mol. The molecule has 0 fully saturated rings. The molecule has 2 heterocycles. The third-order valence-electron chi connectivity index (χ3n) is 2.70. The first-order valence-electron chi connectivity index (χ1n) is 5.21. The Bertz CT molecular complexity index is 627. The van der Waals surface area contributed by atoms with E-state index >= 15 is 0 Å². The van der Waals surface area contributed by atoms with Gasteiger partial charge < -0.3 is 0 Å². The molecule has 0 amide bonds. The van der Waals surface area contributed by atoms with Crippen LogP contribution in [-0.2, 0) is 0 Å². The minimum Gasteiger partial charge on any atom is -0.276 e. The predicted octanol–water partition coefficient (Wildman–Crippen LogP) is 2.93. The van der Waals surface area contributed by atoms with Crippen molar-refractivity contribution in [2.45, 2.75) is 6.92 Å². The van der Waals surface area contributed by atoms with E-state index in [-0.39, 0.29) is 0 Å². The second-order valence-electron chi connectivity index (χ2n) is 3.81. The Labute approximate surface area is 93.2 Å². The molecular formula is C13H11N3. The summed E-state index contributed by atoms with van der Waals surface area (Å²) in [5.74, 6) is 0. The number of aromatic amines is 1. The van der Waals surface area contributed by atoms with E-state index in [0.717, 1.165) is 16.9 Å². The molecule has 2 aromatic heterocycles. The first kappa shape index (κ1) is 9.09. The van der Waals surface area contributed by atoms with Gasteiger partial charge in [-0.1, -0.05) is 18.2 Å². The number of benzene rings is 1. The lowest BCUT2D eigenvalue weighted by molar-refractivity contribution is 1.09. The maximum absolute atomic E-state index is 4.61. The summed E-state index contributed by atoms with van der Waals surface area (Å²) in [5.41, 5.74) is 4.14. The van der Waals surface area contributed by atoms with Gasteiger partial charge in [-0.25, -0.2) is 4.98 Å². The quantitative estimate of drug-likeness (QED) is 0.669. The Morgan fingerprint density at radius 1 is 1.12 bits per heavy atom. The molecule has 0 spiro atoms. The summed E-state index contributed by atoms with van der Waals surface area (Å²) in [7, 11) is 0. The lowest BCUT2D eigenvalue weighted by Crippen LogP contribution is -1.88. The zero-order valence-electron chi connectivity index (χ0n) is 8.94. The van der Waals surface area contributed by atoms with E-state index < -0.39 is 0 Å². The monoisotopic (exact) mass is 209 g/mol. The number of H-pyrrole nitrogens is 1. The van der Waals surface area contributed by atoms with Crippen molar-refractivity contribution in [2.75, 3.05) is 0 Å². The maximum atomic E-state index is 4.61. The molecule has 1 N–H and O–H groups in total. The molecule has 0 saturated carbocycles. The van der Waals surface area contributed by atoms with Gasteiger partial charge in [-0.3, -0.25) is 5.10 Å². The van der Waals surface area contributed by atoms with Crippen LogP contribution in [0.15, 0.2) is 42.6 Å². The number of fused-ring (bicyclic) bond motifs is 1. The van der Waals surface area contributed by atoms with Crippen molar-refractivity contribution in [1.29, 1.82) is 0 Å². The SMILES string of the molecule is Cc1cc(-c2ccn[nH]2)nc2ccccc12. The second-order valence-corrected chi connectivity index (χ2v) is 3.81. The molecule has 3 rings (SSSR count). The molecule has 16 heavy (non-hydrogen) atoms. The molecule has 0 bridgehead atoms. The number of nitrogens with zero attached hydrogens (tertiary/aromatic N) is 2. The maximum Gasteiger partial charge on any atom is 0.0890 e. The van der Waals surface area contributed by atoms with Crippen LogP contribution in [0, 0.1) is 6.92 Å². The number of aromatic nitrogens is 3. The minimum atomic E-state index is 0.939. The Hall–Kier alpha value is -2.16. The molecule has 1 aromatic carbocycles. The molecule has 0 atom stereocenters. The number of rotatable bonds is 1. The van der Waals surface area contributed by atoms with Crippen LogP contribution in [0.5, 0.6) is 0 Å². The lowest BCUT2D eigenvalue weighted by atomic mass is 10.1. The molecule has 3 nitrogen and oxygen atoms in total. The average Bonchev–Trinajstić information content (AvgIpc) is 2.82. The molecule has 0 unspecified atom stereocenters. The van der Waals surface area contributed by atoms with Crippen molar-refractivity contribution in [3.63, 3.8) is 0 Å². The van der Waals surface area contributed by atoms with Crippen LogP contribution in [0.4, 0.5) is 0 Å². The van der Waals surface area contributed by atoms with Crippen LogP contribution >= 0.6 is 0 Å². The fraction of sp³-hybridized carbons (Fsp3) is 0.0769. The summed E-state index contributed by atoms with van der Waals surface area (Å²) in [6, 6.07) is 12.2. The van der Waals surface area contributed by atoms with E-state index in [1.54, 1.807) is 6.20 Å². The Morgan fingerprint density at radius 3 is 2.81 bits per heavy atom. The summed E-state index contributed by atoms with van der Waals surface area (Å²) in [4.78, 5) is 4.61. The van der Waals surface area contributed by atoms with Crippen molar-refractivity contribution >= 4 is 10.9 Å². The number of nitrogens with one attached hydrogen (secondary N) is 1. The Balaban J connectivity index is 2.29. The van der Waals surface area contributed by atoms with Crippen molar-refractivity contribution in [3.05, 3.63) is 48.2 Å². The Morgan fingerprint density at radius 2 is 2.00 bits per heavy atom. The van der Waals surface area contributed by atoms with Crippen molar-refractivity contribution in [3.8, 4) is 11.4 Å². The standard InChI is InChI=1S/C13H11N3/c1-9-8-13(12-6-7-14-16-12)15-11-5-3-2-4-10(9)11/h2-8H,1H3,(H,14,16). The van der Waals surface area contributed by atoms with Crippen LogP contribution < -0.4 is 0 Å². The van der Waals surface area contributed by atoms with Crippen LogP contribution in [0.1, 0.15) is 5.56 Å². The molecule has 0 saturated heterocycles. The van der Waals surface area contributed by atoms with Gasteiger partial charge in [-0.15, -0.1) is 0 Å². The van der Waals surface area contributed by atoms with Gasteiger partial charge in [0, 0.05) is 11.6 Å². The van der Waals surface area contributed by atoms with Gasteiger partial charge in [0.2, 0.25) is 0 Å². The number of pyridine rings is 1. The van der Waals surface area contributed by atoms with E-state index in [2.05, 4.69) is 34.2 Å². The Kier molecular flexibility index (Phi) is 1.96. The number of hydrogen-bond acceptors (Lipinski definition) is 2. The fourth-order valence-electron chi connectivity index (χ4n) is 1.89. The summed E-state index contributed by atoms with van der Waals surface area (Å²) in [6.07, 6.45) is 1.74. The average molecular weight is 209 g/mol. The smallest absolute Gasteiger partial charge is 0.0890 e. The van der Waals surface area contributed by atoms with E-state index in [0.29, 0.717) is 0 Å². The van der Waals surface area contributed by atoms with Gasteiger partial charge in [0.25, 0.3) is 0 Å². The third kappa shape index (κ3) is 1.37. The van der Waals surface area contributed by atoms with E-state index in [1.807, 2.05) is 24.3 Å². The first-order valence-corrected chi connectivity index (χ1v) is 5.21. The van der Waals surface area contributed by atoms with Crippen molar-refractivity contribution < 1.29 is 0 Å². The molecule has 0 aliphatic heterocycles. The van der Waals surface area contributed by atoms with Crippen LogP contribution in [0.2, 0.25) is 0 Å². The summed E-state index contributed by atoms with van der Waals surface area (Å²) < 4.78 is 0. The van der Waals surface area contributed by atoms with Crippen molar-refractivity contribution in [1.82, 2.24) is 15.2 Å². The normalized spacial score (nSPS) is 10.8. The van der Waals surface area contributed by atoms with Gasteiger partial charge in [0.1, 0.15) is 0 Å². The zero-order valence-corrected chi connectivity index (χ0v) is 8.94. The molecule has 78 valence electrons. The number of para-hydroxylation sites is 1. The number of aryl methyl sites for hydroxylation is 1. The zero-order chi connectivity index (χ0) is 11.0. The molecule has 3 heteroatoms. The van der Waals surface area contributed by atoms with Gasteiger partial charge in [0.05, 0.1) is 16.9 Å². The first-order chi connectivity index (χ1) is 7.84. The fourth-order valence-corrected chi connectivity index (χ4v) is 1.89. The van der Waals surface area contributed by atoms with Gasteiger partial charge in [0.15, 0.2) is 0 Å². The van der Waals surface area contributed by atoms with Crippen LogP contribution in [0.3, 0.4) is 0 Å². The largest absolute Gasteiger partial charge is 0.276 e. The van der Waals surface area contributed by atoms with Crippen LogP contribution in [0.25, 0.3) is 22.3 Å². The van der Waals surface area contributed by atoms with Gasteiger partial charge in [-0.2, -0.15) is 5.10 Å². The third-order valence-corrected chi connectivity index (χ3v) is 2.70. The highest BCUT2D eigenvalue weighted by Gasteiger charge is 2.04. The van der Waals surface area contributed by atoms with Crippen molar-refractivity contribution in [2.24, 2.45) is 0 Å². The number of hydrogen-bond donors (Lipinski definition) is 1. The van der Waals surface area contributed by atoms with Gasteiger partial charge >= 0.3 is 0 Å². The molecule has 0 aliphatic rings. The van der Waals surface area contributed by atoms with E-state index in [4.69, 9.17) is 0 Å². The summed E-state index contributed by atoms with van der Waals surface area (Å²) in [6.45, 7) is 2.10. The van der Waals surface area contributed by atoms with E-state index in [9.17, 15) is 0 Å². The van der Waals surface area contributed by atoms with E-state index in [1.165, 1.54) is 10.9 Å². The second kappa shape index (κ2) is 3.45. The molecule has 3 aromatic rings. The summed E-state index contributed by atoms with van der Waals surface area (Å²) in [5, 5.41) is 8.08. The molecular weight excluding hydrogens is 198 g/mol. The van der Waals surface area contributed by atoms with Gasteiger partial charge in [-0.05, 0) is 30.7 Å². The molecule has 0 radical (unpaired) electrons. The summed E-state index contributed by atoms with van der Waals surface area (Å²) >= 11 is 0. The highest BCUT2D eigenvalue weighted by Crippen LogP contribution is 2.22. The minimum absolute atomic E-state index is 0.939. The lowest BCUT2D eigenvalue weighted by Gasteiger charge is -2.04. The highest BCUT2D eigenvalue weighted by atomic mass is 15.1. The highest BCUT2D eigenvalue weighted by molar-refractivity contribution is 5.84. The van der Waals surface area contributed by atoms with Crippen LogP contribution in [-0.4, -0.2) is 15.2 Å². The molecule has 0 aliphatic carbocycles.